The number of halogens is 2. The summed E-state index contributed by atoms with van der Waals surface area (Å²) in [6, 6.07) is 7.87. The van der Waals surface area contributed by atoms with Crippen LogP contribution in [0.2, 0.25) is 5.15 Å². The molecule has 2 aromatic heterocycles. The summed E-state index contributed by atoms with van der Waals surface area (Å²) in [6.45, 7) is 0.534. The number of anilines is 2. The minimum atomic E-state index is -0.258. The summed E-state index contributed by atoms with van der Waals surface area (Å²) in [5.74, 6) is -0.148. The molecule has 10 heteroatoms. The molecule has 23 heavy (non-hydrogen) atoms. The summed E-state index contributed by atoms with van der Waals surface area (Å²) in [4.78, 5) is 7.87. The second-order valence-electron chi connectivity index (χ2n) is 4.34. The third-order valence-corrected chi connectivity index (χ3v) is 4.69. The minimum Gasteiger partial charge on any atom is -0.368 e. The second kappa shape index (κ2) is 7.07. The molecule has 0 saturated heterocycles. The maximum absolute atomic E-state index is 12.8. The van der Waals surface area contributed by atoms with Crippen molar-refractivity contribution in [2.24, 2.45) is 0 Å². The maximum Gasteiger partial charge on any atom is 0.222 e. The van der Waals surface area contributed by atoms with Gasteiger partial charge in [0.25, 0.3) is 0 Å². The van der Waals surface area contributed by atoms with Crippen LogP contribution in [0.3, 0.4) is 0 Å². The van der Waals surface area contributed by atoms with Crippen molar-refractivity contribution >= 4 is 45.8 Å². The highest BCUT2D eigenvalue weighted by atomic mass is 35.5. The molecule has 1 aromatic carbocycles. The van der Waals surface area contributed by atoms with Gasteiger partial charge in [0.15, 0.2) is 4.34 Å². The zero-order chi connectivity index (χ0) is 16.2. The van der Waals surface area contributed by atoms with Crippen molar-refractivity contribution in [3.05, 3.63) is 46.9 Å². The molecule has 0 amide bonds. The fourth-order valence-corrected chi connectivity index (χ4v) is 3.62. The monoisotopic (exact) mass is 368 g/mol. The summed E-state index contributed by atoms with van der Waals surface area (Å²) >= 11 is 8.51. The molecule has 0 fully saturated rings. The third kappa shape index (κ3) is 4.50. The third-order valence-electron chi connectivity index (χ3n) is 2.64. The van der Waals surface area contributed by atoms with E-state index in [2.05, 4.69) is 25.5 Å². The number of nitrogens with zero attached hydrogens (tertiary/aromatic N) is 4. The topological polar surface area (TPSA) is 89.6 Å². The number of nitrogens with one attached hydrogen (secondary N) is 1. The van der Waals surface area contributed by atoms with Gasteiger partial charge in [-0.2, -0.15) is 0 Å². The molecule has 0 radical (unpaired) electrons. The minimum absolute atomic E-state index is 0.110. The lowest BCUT2D eigenvalue weighted by molar-refractivity contribution is 0.627. The normalized spacial score (nSPS) is 10.7. The fourth-order valence-electron chi connectivity index (χ4n) is 1.66. The highest BCUT2D eigenvalue weighted by Crippen LogP contribution is 2.32. The molecular formula is C13H10ClFN6S2. The number of aromatic nitrogens is 4. The van der Waals surface area contributed by atoms with Crippen LogP contribution < -0.4 is 11.1 Å². The molecule has 0 aliphatic carbocycles. The Balaban J connectivity index is 1.62. The van der Waals surface area contributed by atoms with Crippen LogP contribution >= 0.6 is 34.7 Å². The van der Waals surface area contributed by atoms with Crippen LogP contribution in [0.4, 0.5) is 15.5 Å². The van der Waals surface area contributed by atoms with Gasteiger partial charge in [0, 0.05) is 12.6 Å². The fraction of sp³-hybridized carbons (Fsp3) is 0.0769. The van der Waals surface area contributed by atoms with Crippen molar-refractivity contribution in [1.82, 2.24) is 20.2 Å². The summed E-state index contributed by atoms with van der Waals surface area (Å²) in [6.07, 6.45) is 0. The first-order chi connectivity index (χ1) is 11.1. The predicted molar refractivity (Wildman–Crippen MR) is 89.2 cm³/mol. The van der Waals surface area contributed by atoms with Gasteiger partial charge in [-0.3, -0.25) is 0 Å². The average molecular weight is 369 g/mol. The van der Waals surface area contributed by atoms with Gasteiger partial charge in [0.1, 0.15) is 16.0 Å². The molecule has 0 atom stereocenters. The SMILES string of the molecule is Nc1nc(Cl)cc(Sc2nnc(NCc3ccc(F)cc3)s2)n1. The molecule has 0 unspecified atom stereocenters. The van der Waals surface area contributed by atoms with Crippen LogP contribution in [-0.2, 0) is 6.54 Å². The maximum atomic E-state index is 12.8. The van der Waals surface area contributed by atoms with E-state index in [4.69, 9.17) is 17.3 Å². The van der Waals surface area contributed by atoms with Gasteiger partial charge in [-0.05, 0) is 29.5 Å². The first-order valence-corrected chi connectivity index (χ1v) is 8.39. The Morgan fingerprint density at radius 3 is 2.74 bits per heavy atom. The van der Waals surface area contributed by atoms with E-state index in [9.17, 15) is 4.39 Å². The lowest BCUT2D eigenvalue weighted by atomic mass is 10.2. The molecule has 0 saturated carbocycles. The molecular weight excluding hydrogens is 359 g/mol. The number of benzene rings is 1. The summed E-state index contributed by atoms with van der Waals surface area (Å²) in [5.41, 5.74) is 6.50. The summed E-state index contributed by atoms with van der Waals surface area (Å²) < 4.78 is 13.5. The van der Waals surface area contributed by atoms with Crippen LogP contribution in [0.25, 0.3) is 0 Å². The molecule has 6 nitrogen and oxygen atoms in total. The number of nitrogen functional groups attached to an aromatic ring is 1. The Morgan fingerprint density at radius 1 is 1.22 bits per heavy atom. The first kappa shape index (κ1) is 15.9. The van der Waals surface area contributed by atoms with Gasteiger partial charge >= 0.3 is 0 Å². The van der Waals surface area contributed by atoms with Gasteiger partial charge in [-0.1, -0.05) is 35.1 Å². The van der Waals surface area contributed by atoms with Crippen LogP contribution in [0.1, 0.15) is 5.56 Å². The molecule has 3 rings (SSSR count). The van der Waals surface area contributed by atoms with Crippen molar-refractivity contribution in [2.45, 2.75) is 15.9 Å². The predicted octanol–water partition coefficient (Wildman–Crippen LogP) is 3.47. The van der Waals surface area contributed by atoms with E-state index in [-0.39, 0.29) is 16.9 Å². The standard InChI is InChI=1S/C13H10ClFN6S2/c14-9-5-10(19-11(16)18-9)22-13-21-20-12(23-13)17-6-7-1-3-8(15)4-2-7/h1-5H,6H2,(H,17,20)(H2,16,18,19). The van der Waals surface area contributed by atoms with Crippen LogP contribution in [0.15, 0.2) is 39.7 Å². The largest absolute Gasteiger partial charge is 0.368 e. The number of rotatable bonds is 5. The molecule has 2 heterocycles. The van der Waals surface area contributed by atoms with E-state index in [1.807, 2.05) is 0 Å². The van der Waals surface area contributed by atoms with E-state index in [0.29, 0.717) is 21.0 Å². The van der Waals surface area contributed by atoms with E-state index < -0.39 is 0 Å². The second-order valence-corrected chi connectivity index (χ2v) is 6.97. The molecule has 0 aliphatic rings. The summed E-state index contributed by atoms with van der Waals surface area (Å²) in [7, 11) is 0. The Kier molecular flexibility index (Phi) is 4.89. The number of hydrogen-bond donors (Lipinski definition) is 2. The van der Waals surface area contributed by atoms with Crippen molar-refractivity contribution in [2.75, 3.05) is 11.1 Å². The molecule has 0 aliphatic heterocycles. The van der Waals surface area contributed by atoms with Crippen molar-refractivity contribution in [1.29, 1.82) is 0 Å². The van der Waals surface area contributed by atoms with E-state index in [0.717, 1.165) is 5.56 Å². The van der Waals surface area contributed by atoms with Crippen LogP contribution in [0, 0.1) is 5.82 Å². The first-order valence-electron chi connectivity index (χ1n) is 6.38. The van der Waals surface area contributed by atoms with Gasteiger partial charge in [0.2, 0.25) is 11.1 Å². The Bertz CT molecular complexity index is 790. The summed E-state index contributed by atoms with van der Waals surface area (Å²) in [5, 5.41) is 12.8. The van der Waals surface area contributed by atoms with Gasteiger partial charge < -0.3 is 11.1 Å². The lowest BCUT2D eigenvalue weighted by Gasteiger charge is -2.01. The molecule has 0 bridgehead atoms. The molecule has 118 valence electrons. The molecule has 3 aromatic rings. The zero-order valence-corrected chi connectivity index (χ0v) is 13.9. The van der Waals surface area contributed by atoms with Crippen molar-refractivity contribution in [3.63, 3.8) is 0 Å². The van der Waals surface area contributed by atoms with Crippen LogP contribution in [0.5, 0.6) is 0 Å². The van der Waals surface area contributed by atoms with Gasteiger partial charge in [-0.25, -0.2) is 14.4 Å². The number of nitrogens with two attached hydrogens (primary N) is 1. The van der Waals surface area contributed by atoms with E-state index in [1.165, 1.54) is 35.2 Å². The lowest BCUT2D eigenvalue weighted by Crippen LogP contribution is -1.98. The van der Waals surface area contributed by atoms with Gasteiger partial charge in [-0.15, -0.1) is 10.2 Å². The van der Waals surface area contributed by atoms with E-state index >= 15 is 0 Å². The Labute approximate surface area is 144 Å². The Morgan fingerprint density at radius 2 is 2.00 bits per heavy atom. The van der Waals surface area contributed by atoms with Crippen molar-refractivity contribution < 1.29 is 4.39 Å². The zero-order valence-electron chi connectivity index (χ0n) is 11.5. The van der Waals surface area contributed by atoms with Crippen LogP contribution in [-0.4, -0.2) is 20.2 Å². The molecule has 3 N–H and O–H groups in total. The highest BCUT2D eigenvalue weighted by molar-refractivity contribution is 8.01. The highest BCUT2D eigenvalue weighted by Gasteiger charge is 2.09. The number of hydrogen-bond acceptors (Lipinski definition) is 8. The quantitative estimate of drug-likeness (QED) is 0.666. The van der Waals surface area contributed by atoms with Crippen molar-refractivity contribution in [3.8, 4) is 0 Å². The smallest absolute Gasteiger partial charge is 0.222 e. The van der Waals surface area contributed by atoms with E-state index in [1.54, 1.807) is 18.2 Å². The Hall–Kier alpha value is -1.97. The van der Waals surface area contributed by atoms with Gasteiger partial charge in [0.05, 0.1) is 0 Å². The molecule has 0 spiro atoms. The average Bonchev–Trinajstić information content (AvgIpc) is 2.93.